The third-order valence-corrected chi connectivity index (χ3v) is 7.05. The average molecular weight is 428 g/mol. The number of benzene rings is 4. The van der Waals surface area contributed by atoms with Crippen LogP contribution >= 0.6 is 0 Å². The lowest BCUT2D eigenvalue weighted by Gasteiger charge is -2.07. The smallest absolute Gasteiger partial charge is 0.237 e. The summed E-state index contributed by atoms with van der Waals surface area (Å²) in [7, 11) is 4.34. The van der Waals surface area contributed by atoms with E-state index in [4.69, 9.17) is 0 Å². The zero-order valence-corrected chi connectivity index (χ0v) is 19.6. The van der Waals surface area contributed by atoms with Crippen LogP contribution in [0.25, 0.3) is 55.0 Å². The molecule has 0 N–H and O–H groups in total. The van der Waals surface area contributed by atoms with Gasteiger partial charge in [0.2, 0.25) is 5.69 Å². The molecule has 2 nitrogen and oxygen atoms in total. The van der Waals surface area contributed by atoms with Gasteiger partial charge in [-0.3, -0.25) is 0 Å². The highest BCUT2D eigenvalue weighted by atomic mass is 15.0. The van der Waals surface area contributed by atoms with Crippen LogP contribution in [0.2, 0.25) is 0 Å². The number of rotatable bonds is 2. The third-order valence-electron chi connectivity index (χ3n) is 7.05. The van der Waals surface area contributed by atoms with Gasteiger partial charge in [-0.25, -0.2) is 0 Å². The van der Waals surface area contributed by atoms with Gasteiger partial charge in [-0.1, -0.05) is 66.2 Å². The van der Waals surface area contributed by atoms with Crippen molar-refractivity contribution in [3.8, 4) is 22.4 Å². The zero-order valence-electron chi connectivity index (χ0n) is 19.6. The molecular weight excluding hydrogens is 400 g/mol. The van der Waals surface area contributed by atoms with Crippen molar-refractivity contribution in [2.45, 2.75) is 13.8 Å². The van der Waals surface area contributed by atoms with Crippen molar-refractivity contribution in [1.29, 1.82) is 0 Å². The van der Waals surface area contributed by atoms with Crippen molar-refractivity contribution in [3.05, 3.63) is 102 Å². The quantitative estimate of drug-likeness (QED) is 0.257. The van der Waals surface area contributed by atoms with Crippen LogP contribution in [0, 0.1) is 13.8 Å². The summed E-state index contributed by atoms with van der Waals surface area (Å²) >= 11 is 0. The number of fused-ring (bicyclic) bond motifs is 5. The molecule has 0 aliphatic rings. The minimum atomic E-state index is 1.26. The summed E-state index contributed by atoms with van der Waals surface area (Å²) in [5, 5.41) is 5.21. The van der Waals surface area contributed by atoms with E-state index in [-0.39, 0.29) is 0 Å². The molecule has 2 heteroatoms. The van der Waals surface area contributed by atoms with Crippen LogP contribution in [0.5, 0.6) is 0 Å². The highest BCUT2D eigenvalue weighted by Gasteiger charge is 2.23. The number of hydrogen-bond donors (Lipinski definition) is 0. The lowest BCUT2D eigenvalue weighted by atomic mass is 9.97. The van der Waals surface area contributed by atoms with E-state index in [1.807, 2.05) is 0 Å². The Hall–Kier alpha value is -3.91. The molecule has 0 bridgehead atoms. The lowest BCUT2D eigenvalue weighted by Crippen LogP contribution is -2.31. The SMILES string of the molecule is Cc1ccc(-c2ccc3c(ccc4c3c3cc[n+](C)c(-c5ccccc5C)c3n4C)c2)cc1. The molecule has 0 aliphatic carbocycles. The molecule has 0 unspecified atom stereocenters. The largest absolute Gasteiger partial charge is 0.338 e. The van der Waals surface area contributed by atoms with E-state index in [2.05, 4.69) is 128 Å². The fourth-order valence-electron chi connectivity index (χ4n) is 5.26. The highest BCUT2D eigenvalue weighted by Crippen LogP contribution is 2.38. The standard InChI is InChI=1S/C31H27N2/c1-20-9-11-22(12-10-20)23-13-15-26-24(19-23)14-16-28-29(26)27-17-18-32(3)30(31(27)33(28)4)25-8-6-5-7-21(25)2/h5-19H,1-4H3/q+1. The molecule has 0 fully saturated rings. The van der Waals surface area contributed by atoms with Crippen LogP contribution in [0.4, 0.5) is 0 Å². The maximum absolute atomic E-state index is 2.36. The van der Waals surface area contributed by atoms with Gasteiger partial charge < -0.3 is 4.57 Å². The second-order valence-corrected chi connectivity index (χ2v) is 9.17. The first-order chi connectivity index (χ1) is 16.0. The van der Waals surface area contributed by atoms with Gasteiger partial charge in [-0.15, -0.1) is 0 Å². The zero-order chi connectivity index (χ0) is 22.7. The summed E-state index contributed by atoms with van der Waals surface area (Å²) in [5.74, 6) is 0. The number of pyridine rings is 1. The number of nitrogens with zero attached hydrogens (tertiary/aromatic N) is 2. The van der Waals surface area contributed by atoms with Crippen LogP contribution in [-0.4, -0.2) is 4.57 Å². The van der Waals surface area contributed by atoms with Crippen molar-refractivity contribution in [3.63, 3.8) is 0 Å². The summed E-state index contributed by atoms with van der Waals surface area (Å²) in [4.78, 5) is 0. The van der Waals surface area contributed by atoms with Gasteiger partial charge in [-0.2, -0.15) is 4.57 Å². The van der Waals surface area contributed by atoms with Crippen molar-refractivity contribution >= 4 is 32.6 Å². The molecule has 0 atom stereocenters. The molecule has 2 aromatic heterocycles. The molecule has 33 heavy (non-hydrogen) atoms. The molecule has 6 rings (SSSR count). The van der Waals surface area contributed by atoms with E-state index < -0.39 is 0 Å². The second-order valence-electron chi connectivity index (χ2n) is 9.17. The third kappa shape index (κ3) is 2.98. The van der Waals surface area contributed by atoms with Gasteiger partial charge in [0.1, 0.15) is 12.6 Å². The first-order valence-corrected chi connectivity index (χ1v) is 11.5. The van der Waals surface area contributed by atoms with Crippen molar-refractivity contribution in [2.75, 3.05) is 0 Å². The molecule has 0 radical (unpaired) electrons. The Balaban J connectivity index is 1.67. The first kappa shape index (κ1) is 19.8. The predicted molar refractivity (Wildman–Crippen MR) is 139 cm³/mol. The molecule has 0 aliphatic heterocycles. The topological polar surface area (TPSA) is 8.81 Å². The van der Waals surface area contributed by atoms with E-state index in [0.29, 0.717) is 0 Å². The van der Waals surface area contributed by atoms with Gasteiger partial charge in [0, 0.05) is 29.4 Å². The fourth-order valence-corrected chi connectivity index (χ4v) is 5.26. The Labute approximate surface area is 194 Å². The second kappa shape index (κ2) is 7.31. The van der Waals surface area contributed by atoms with Crippen molar-refractivity contribution in [1.82, 2.24) is 4.57 Å². The van der Waals surface area contributed by atoms with E-state index in [9.17, 15) is 0 Å². The van der Waals surface area contributed by atoms with Crippen molar-refractivity contribution < 1.29 is 4.57 Å². The summed E-state index contributed by atoms with van der Waals surface area (Å²) in [6.45, 7) is 4.32. The summed E-state index contributed by atoms with van der Waals surface area (Å²) in [5.41, 5.74) is 10.2. The van der Waals surface area contributed by atoms with E-state index in [1.54, 1.807) is 0 Å². The summed E-state index contributed by atoms with van der Waals surface area (Å²) < 4.78 is 4.61. The first-order valence-electron chi connectivity index (χ1n) is 11.5. The Morgan fingerprint density at radius 2 is 1.48 bits per heavy atom. The van der Waals surface area contributed by atoms with E-state index in [0.717, 1.165) is 0 Å². The van der Waals surface area contributed by atoms with E-state index in [1.165, 1.54) is 66.1 Å². The van der Waals surface area contributed by atoms with Gasteiger partial charge in [0.05, 0.1) is 5.56 Å². The normalized spacial score (nSPS) is 11.6. The van der Waals surface area contributed by atoms with Gasteiger partial charge >= 0.3 is 0 Å². The molecule has 2 heterocycles. The maximum atomic E-state index is 2.36. The molecule has 6 aromatic rings. The number of aryl methyl sites for hydroxylation is 4. The molecule has 160 valence electrons. The Morgan fingerprint density at radius 3 is 2.27 bits per heavy atom. The molecular formula is C31H27N2+. The maximum Gasteiger partial charge on any atom is 0.237 e. The summed E-state index contributed by atoms with van der Waals surface area (Å²) in [6, 6.07) is 31.1. The Morgan fingerprint density at radius 1 is 0.727 bits per heavy atom. The molecule has 4 aromatic carbocycles. The number of aromatic nitrogens is 2. The van der Waals surface area contributed by atoms with E-state index >= 15 is 0 Å². The minimum Gasteiger partial charge on any atom is -0.338 e. The van der Waals surface area contributed by atoms with Crippen LogP contribution < -0.4 is 4.57 Å². The van der Waals surface area contributed by atoms with Crippen LogP contribution in [0.15, 0.2) is 91.1 Å². The molecule has 0 spiro atoms. The molecule has 0 amide bonds. The van der Waals surface area contributed by atoms with Crippen LogP contribution in [-0.2, 0) is 14.1 Å². The molecule has 0 saturated carbocycles. The lowest BCUT2D eigenvalue weighted by molar-refractivity contribution is -0.659. The Kier molecular flexibility index (Phi) is 4.38. The van der Waals surface area contributed by atoms with Gasteiger partial charge in [0.25, 0.3) is 0 Å². The van der Waals surface area contributed by atoms with Gasteiger partial charge in [-0.05, 0) is 59.5 Å². The van der Waals surface area contributed by atoms with Crippen LogP contribution in [0.3, 0.4) is 0 Å². The Bertz CT molecular complexity index is 1680. The van der Waals surface area contributed by atoms with Gasteiger partial charge in [0.15, 0.2) is 6.20 Å². The van der Waals surface area contributed by atoms with Crippen LogP contribution in [0.1, 0.15) is 11.1 Å². The predicted octanol–water partition coefficient (Wildman–Crippen LogP) is 7.26. The average Bonchev–Trinajstić information content (AvgIpc) is 3.12. The highest BCUT2D eigenvalue weighted by molar-refractivity contribution is 6.22. The summed E-state index contributed by atoms with van der Waals surface area (Å²) in [6.07, 6.45) is 2.20. The number of hydrogen-bond acceptors (Lipinski definition) is 0. The molecule has 0 saturated heterocycles. The minimum absolute atomic E-state index is 1.26. The fraction of sp³-hybridized carbons (Fsp3) is 0.129. The van der Waals surface area contributed by atoms with Crippen molar-refractivity contribution in [2.24, 2.45) is 14.1 Å². The monoisotopic (exact) mass is 427 g/mol.